The topological polar surface area (TPSA) is 54.6 Å². The van der Waals surface area contributed by atoms with Gasteiger partial charge in [0.05, 0.1) is 18.8 Å². The predicted molar refractivity (Wildman–Crippen MR) is 109 cm³/mol. The maximum atomic E-state index is 5.86. The minimum atomic E-state index is 0.351. The van der Waals surface area contributed by atoms with Crippen LogP contribution in [0, 0.1) is 12.8 Å². The molecule has 3 heterocycles. The molecule has 2 saturated heterocycles. The second kappa shape index (κ2) is 8.72. The maximum Gasteiger partial charge on any atom is 0.241 e. The number of aromatic nitrogens is 2. The molecule has 2 aliphatic rings. The number of piperidine rings is 1. The molecule has 0 amide bonds. The number of likely N-dealkylation sites (tertiary alicyclic amines) is 1. The van der Waals surface area contributed by atoms with Crippen LogP contribution in [0.1, 0.15) is 38.1 Å². The van der Waals surface area contributed by atoms with Gasteiger partial charge in [0.15, 0.2) is 0 Å². The third-order valence-corrected chi connectivity index (χ3v) is 5.82. The summed E-state index contributed by atoms with van der Waals surface area (Å²) in [6.07, 6.45) is 3.17. The van der Waals surface area contributed by atoms with Crippen molar-refractivity contribution in [3.05, 3.63) is 35.7 Å². The average Bonchev–Trinajstić information content (AvgIpc) is 3.11. The van der Waals surface area contributed by atoms with E-state index < -0.39 is 0 Å². The van der Waals surface area contributed by atoms with Gasteiger partial charge in [0.25, 0.3) is 0 Å². The van der Waals surface area contributed by atoms with E-state index in [0.29, 0.717) is 23.9 Å². The normalized spacial score (nSPS) is 25.2. The largest absolute Gasteiger partial charge is 0.373 e. The molecule has 4 rings (SSSR count). The second-order valence-electron chi connectivity index (χ2n) is 8.58. The molecule has 28 heavy (non-hydrogen) atoms. The van der Waals surface area contributed by atoms with Crippen LogP contribution in [0.5, 0.6) is 0 Å². The second-order valence-corrected chi connectivity index (χ2v) is 8.58. The Morgan fingerprint density at radius 2 is 1.82 bits per heavy atom. The van der Waals surface area contributed by atoms with Crippen molar-refractivity contribution in [2.24, 2.45) is 5.92 Å². The fourth-order valence-electron chi connectivity index (χ4n) is 4.54. The molecule has 0 aliphatic carbocycles. The zero-order chi connectivity index (χ0) is 19.5. The average molecular weight is 385 g/mol. The summed E-state index contributed by atoms with van der Waals surface area (Å²) in [4.78, 5) is 9.63. The first-order chi connectivity index (χ1) is 13.5. The summed E-state index contributed by atoms with van der Waals surface area (Å²) in [5.74, 6) is 2.18. The molecular formula is C22H32N4O2. The number of rotatable bonds is 5. The van der Waals surface area contributed by atoms with Gasteiger partial charge in [0, 0.05) is 25.2 Å². The lowest BCUT2D eigenvalue weighted by molar-refractivity contribution is -0.0732. The summed E-state index contributed by atoms with van der Waals surface area (Å²) < 4.78 is 11.4. The van der Waals surface area contributed by atoms with Crippen LogP contribution in [0.25, 0.3) is 11.4 Å². The summed E-state index contributed by atoms with van der Waals surface area (Å²) in [7, 11) is 0. The predicted octanol–water partition coefficient (Wildman–Crippen LogP) is 3.37. The molecule has 6 nitrogen and oxygen atoms in total. The summed E-state index contributed by atoms with van der Waals surface area (Å²) in [6, 6.07) is 8.22. The molecule has 2 fully saturated rings. The first-order valence-electron chi connectivity index (χ1n) is 10.5. The Hall–Kier alpha value is -1.76. The Morgan fingerprint density at radius 3 is 2.54 bits per heavy atom. The highest BCUT2D eigenvalue weighted by atomic mass is 16.5. The third kappa shape index (κ3) is 4.99. The zero-order valence-corrected chi connectivity index (χ0v) is 17.3. The van der Waals surface area contributed by atoms with Gasteiger partial charge in [-0.1, -0.05) is 28.9 Å². The summed E-state index contributed by atoms with van der Waals surface area (Å²) in [5, 5.41) is 4.17. The van der Waals surface area contributed by atoms with E-state index in [9.17, 15) is 0 Å². The van der Waals surface area contributed by atoms with Gasteiger partial charge >= 0.3 is 0 Å². The molecule has 1 aromatic carbocycles. The van der Waals surface area contributed by atoms with Gasteiger partial charge in [-0.05, 0) is 58.7 Å². The van der Waals surface area contributed by atoms with Crippen LogP contribution in [-0.4, -0.2) is 64.9 Å². The first-order valence-corrected chi connectivity index (χ1v) is 10.5. The molecule has 0 unspecified atom stereocenters. The van der Waals surface area contributed by atoms with Crippen molar-refractivity contribution in [3.63, 3.8) is 0 Å². The standard InChI is InChI=1S/C22H32N4O2/c1-16-5-4-6-20(11-16)22-23-21(28-24-22)15-25-9-7-19(8-10-25)14-26-12-17(2)27-18(3)13-26/h4-6,11,17-19H,7-10,12-15H2,1-3H3/t17-,18+. The van der Waals surface area contributed by atoms with E-state index in [4.69, 9.17) is 9.26 Å². The van der Waals surface area contributed by atoms with Crippen LogP contribution >= 0.6 is 0 Å². The Labute approximate surface area is 167 Å². The van der Waals surface area contributed by atoms with E-state index in [2.05, 4.69) is 52.8 Å². The van der Waals surface area contributed by atoms with Crippen LogP contribution in [0.3, 0.4) is 0 Å². The van der Waals surface area contributed by atoms with Crippen molar-refractivity contribution in [2.75, 3.05) is 32.7 Å². The fraction of sp³-hybridized carbons (Fsp3) is 0.636. The smallest absolute Gasteiger partial charge is 0.241 e. The van der Waals surface area contributed by atoms with Gasteiger partial charge in [-0.2, -0.15) is 4.98 Å². The lowest BCUT2D eigenvalue weighted by Gasteiger charge is -2.39. The summed E-state index contributed by atoms with van der Waals surface area (Å²) in [5.41, 5.74) is 2.22. The monoisotopic (exact) mass is 384 g/mol. The SMILES string of the molecule is Cc1cccc(-c2noc(CN3CCC(CN4C[C@@H](C)O[C@@H](C)C4)CC3)n2)c1. The van der Waals surface area contributed by atoms with Crippen molar-refractivity contribution >= 4 is 0 Å². The van der Waals surface area contributed by atoms with Crippen molar-refractivity contribution in [2.45, 2.75) is 52.4 Å². The van der Waals surface area contributed by atoms with Crippen LogP contribution in [0.15, 0.2) is 28.8 Å². The highest BCUT2D eigenvalue weighted by Crippen LogP contribution is 2.23. The number of benzene rings is 1. The minimum Gasteiger partial charge on any atom is -0.373 e. The number of ether oxygens (including phenoxy) is 1. The van der Waals surface area contributed by atoms with Crippen LogP contribution in [0.2, 0.25) is 0 Å². The molecule has 2 atom stereocenters. The van der Waals surface area contributed by atoms with Crippen molar-refractivity contribution in [1.29, 1.82) is 0 Å². The molecule has 2 aliphatic heterocycles. The molecule has 0 N–H and O–H groups in total. The molecule has 0 radical (unpaired) electrons. The molecule has 0 spiro atoms. The highest BCUT2D eigenvalue weighted by molar-refractivity contribution is 5.55. The van der Waals surface area contributed by atoms with E-state index in [1.165, 1.54) is 24.9 Å². The van der Waals surface area contributed by atoms with E-state index in [1.807, 2.05) is 12.1 Å². The van der Waals surface area contributed by atoms with Crippen molar-refractivity contribution < 1.29 is 9.26 Å². The number of aryl methyl sites for hydroxylation is 1. The Kier molecular flexibility index (Phi) is 6.09. The molecule has 2 aromatic rings. The van der Waals surface area contributed by atoms with Crippen LogP contribution in [-0.2, 0) is 11.3 Å². The Morgan fingerprint density at radius 1 is 1.07 bits per heavy atom. The quantitative estimate of drug-likeness (QED) is 0.788. The van der Waals surface area contributed by atoms with Gasteiger partial charge in [-0.15, -0.1) is 0 Å². The molecule has 152 valence electrons. The van der Waals surface area contributed by atoms with Crippen LogP contribution in [0.4, 0.5) is 0 Å². The van der Waals surface area contributed by atoms with Gasteiger partial charge in [0.1, 0.15) is 0 Å². The third-order valence-electron chi connectivity index (χ3n) is 5.82. The Bertz CT molecular complexity index is 759. The van der Waals surface area contributed by atoms with Crippen LogP contribution < -0.4 is 0 Å². The van der Waals surface area contributed by atoms with Gasteiger partial charge in [0.2, 0.25) is 11.7 Å². The molecule has 6 heteroatoms. The minimum absolute atomic E-state index is 0.351. The molecular weight excluding hydrogens is 352 g/mol. The number of nitrogens with zero attached hydrogens (tertiary/aromatic N) is 4. The summed E-state index contributed by atoms with van der Waals surface area (Å²) in [6.45, 7) is 12.7. The fourth-order valence-corrected chi connectivity index (χ4v) is 4.54. The molecule has 0 bridgehead atoms. The molecule has 1 aromatic heterocycles. The summed E-state index contributed by atoms with van der Waals surface area (Å²) >= 11 is 0. The van der Waals surface area contributed by atoms with Gasteiger partial charge in [-0.3, -0.25) is 9.80 Å². The zero-order valence-electron chi connectivity index (χ0n) is 17.3. The number of morpholine rings is 1. The van der Waals surface area contributed by atoms with Gasteiger partial charge < -0.3 is 9.26 Å². The Balaban J connectivity index is 1.26. The van der Waals surface area contributed by atoms with E-state index >= 15 is 0 Å². The van der Waals surface area contributed by atoms with Crippen molar-refractivity contribution in [3.8, 4) is 11.4 Å². The van der Waals surface area contributed by atoms with Crippen molar-refractivity contribution in [1.82, 2.24) is 19.9 Å². The van der Waals surface area contributed by atoms with Gasteiger partial charge in [-0.25, -0.2) is 0 Å². The lowest BCUT2D eigenvalue weighted by atomic mass is 9.95. The lowest BCUT2D eigenvalue weighted by Crippen LogP contribution is -2.48. The highest BCUT2D eigenvalue weighted by Gasteiger charge is 2.27. The van der Waals surface area contributed by atoms with E-state index in [-0.39, 0.29) is 0 Å². The van der Waals surface area contributed by atoms with E-state index in [1.54, 1.807) is 0 Å². The first kappa shape index (κ1) is 19.6. The molecule has 0 saturated carbocycles. The number of hydrogen-bond acceptors (Lipinski definition) is 6. The number of hydrogen-bond donors (Lipinski definition) is 0. The maximum absolute atomic E-state index is 5.86. The van der Waals surface area contributed by atoms with E-state index in [0.717, 1.165) is 44.2 Å².